The maximum atomic E-state index is 12.6. The molecule has 1 fully saturated rings. The van der Waals surface area contributed by atoms with E-state index < -0.39 is 10.0 Å². The Morgan fingerprint density at radius 1 is 1.35 bits per heavy atom. The predicted molar refractivity (Wildman–Crippen MR) is 91.7 cm³/mol. The summed E-state index contributed by atoms with van der Waals surface area (Å²) in [4.78, 5) is 12.1. The second kappa shape index (κ2) is 7.64. The van der Waals surface area contributed by atoms with E-state index in [1.165, 1.54) is 4.31 Å². The fourth-order valence-electron chi connectivity index (χ4n) is 2.69. The molecule has 1 N–H and O–H groups in total. The number of amides is 1. The Labute approximate surface area is 143 Å². The van der Waals surface area contributed by atoms with Crippen molar-refractivity contribution >= 4 is 27.5 Å². The van der Waals surface area contributed by atoms with Gasteiger partial charge in [-0.2, -0.15) is 0 Å². The van der Waals surface area contributed by atoms with Gasteiger partial charge in [0.15, 0.2) is 0 Å². The van der Waals surface area contributed by atoms with E-state index >= 15 is 0 Å². The smallest absolute Gasteiger partial charge is 0.224 e. The number of carbonyl (C=O) groups excluding carboxylic acids is 1. The number of rotatable bonds is 5. The number of carbonyl (C=O) groups is 1. The van der Waals surface area contributed by atoms with Gasteiger partial charge in [-0.15, -0.1) is 0 Å². The fourth-order valence-corrected chi connectivity index (χ4v) is 4.43. The van der Waals surface area contributed by atoms with Gasteiger partial charge in [-0.25, -0.2) is 12.7 Å². The predicted octanol–water partition coefficient (Wildman–Crippen LogP) is 2.41. The molecule has 1 aliphatic rings. The van der Waals surface area contributed by atoms with E-state index in [1.54, 1.807) is 24.3 Å². The fraction of sp³-hybridized carbons (Fsp3) is 0.562. The number of hydrogen-bond donors (Lipinski definition) is 1. The summed E-state index contributed by atoms with van der Waals surface area (Å²) in [5, 5.41) is 3.44. The topological polar surface area (TPSA) is 66.5 Å². The first kappa shape index (κ1) is 18.2. The number of nitrogens with one attached hydrogen (secondary N) is 1. The molecule has 1 unspecified atom stereocenters. The summed E-state index contributed by atoms with van der Waals surface area (Å²) in [5.74, 6) is -0.402. The average molecular weight is 359 g/mol. The van der Waals surface area contributed by atoms with Crippen LogP contribution in [-0.4, -0.2) is 37.8 Å². The lowest BCUT2D eigenvalue weighted by atomic mass is 9.98. The van der Waals surface area contributed by atoms with Crippen LogP contribution >= 0.6 is 11.6 Å². The van der Waals surface area contributed by atoms with E-state index in [0.717, 1.165) is 6.42 Å². The maximum absolute atomic E-state index is 12.6. The van der Waals surface area contributed by atoms with Gasteiger partial charge in [-0.3, -0.25) is 4.79 Å². The molecular weight excluding hydrogens is 336 g/mol. The lowest BCUT2D eigenvalue weighted by molar-refractivity contribution is -0.126. The Hall–Kier alpha value is -1.11. The van der Waals surface area contributed by atoms with Crippen LogP contribution in [0, 0.1) is 5.92 Å². The Bertz CT molecular complexity index is 644. The summed E-state index contributed by atoms with van der Waals surface area (Å²) in [6.45, 7) is 4.53. The highest BCUT2D eigenvalue weighted by molar-refractivity contribution is 7.88. The van der Waals surface area contributed by atoms with Crippen LogP contribution in [0.3, 0.4) is 0 Å². The molecule has 0 aromatic heterocycles. The molecule has 1 saturated heterocycles. The molecule has 0 aliphatic carbocycles. The van der Waals surface area contributed by atoms with E-state index in [2.05, 4.69) is 5.32 Å². The molecule has 0 spiro atoms. The monoisotopic (exact) mass is 358 g/mol. The van der Waals surface area contributed by atoms with Gasteiger partial charge >= 0.3 is 0 Å². The molecule has 1 aromatic carbocycles. The zero-order valence-corrected chi connectivity index (χ0v) is 15.0. The Morgan fingerprint density at radius 3 is 2.61 bits per heavy atom. The number of halogens is 1. The largest absolute Gasteiger partial charge is 0.354 e. The van der Waals surface area contributed by atoms with Crippen LogP contribution in [0.4, 0.5) is 0 Å². The summed E-state index contributed by atoms with van der Waals surface area (Å²) in [5.41, 5.74) is 0.697. The number of piperidine rings is 1. The molecule has 128 valence electrons. The van der Waals surface area contributed by atoms with Crippen LogP contribution in [0.2, 0.25) is 5.02 Å². The molecule has 1 aliphatic heterocycles. The van der Waals surface area contributed by atoms with Crippen molar-refractivity contribution in [1.82, 2.24) is 9.62 Å². The second-order valence-electron chi connectivity index (χ2n) is 6.24. The van der Waals surface area contributed by atoms with Crippen molar-refractivity contribution in [2.24, 2.45) is 5.92 Å². The van der Waals surface area contributed by atoms with Crippen LogP contribution in [0.1, 0.15) is 32.3 Å². The van der Waals surface area contributed by atoms with Crippen molar-refractivity contribution in [2.75, 3.05) is 13.1 Å². The van der Waals surface area contributed by atoms with Gasteiger partial charge in [0.05, 0.1) is 11.7 Å². The molecule has 1 heterocycles. The van der Waals surface area contributed by atoms with E-state index in [4.69, 9.17) is 11.6 Å². The van der Waals surface area contributed by atoms with E-state index in [0.29, 0.717) is 23.6 Å². The van der Waals surface area contributed by atoms with Crippen molar-refractivity contribution in [2.45, 2.75) is 38.5 Å². The van der Waals surface area contributed by atoms with Crippen molar-refractivity contribution < 1.29 is 13.2 Å². The second-order valence-corrected chi connectivity index (χ2v) is 8.65. The van der Waals surface area contributed by atoms with Gasteiger partial charge in [0.25, 0.3) is 0 Å². The first-order chi connectivity index (χ1) is 10.8. The quantitative estimate of drug-likeness (QED) is 0.878. The van der Waals surface area contributed by atoms with E-state index in [-0.39, 0.29) is 30.2 Å². The van der Waals surface area contributed by atoms with Gasteiger partial charge in [0.1, 0.15) is 0 Å². The normalized spacial score (nSPS) is 19.7. The SMILES string of the molecule is CC(C)NC(=O)C1CCCN(S(=O)(=O)Cc2ccc(Cl)cc2)C1. The number of sulfonamides is 1. The van der Waals surface area contributed by atoms with Gasteiger partial charge in [-0.05, 0) is 44.4 Å². The van der Waals surface area contributed by atoms with E-state index in [1.807, 2.05) is 13.8 Å². The third-order valence-corrected chi connectivity index (χ3v) is 5.91. The van der Waals surface area contributed by atoms with Crippen molar-refractivity contribution in [3.8, 4) is 0 Å². The van der Waals surface area contributed by atoms with Gasteiger partial charge in [-0.1, -0.05) is 23.7 Å². The molecule has 7 heteroatoms. The lowest BCUT2D eigenvalue weighted by Crippen LogP contribution is -2.46. The van der Waals surface area contributed by atoms with Crippen molar-refractivity contribution in [3.63, 3.8) is 0 Å². The molecule has 1 amide bonds. The minimum atomic E-state index is -3.43. The molecule has 2 rings (SSSR count). The Balaban J connectivity index is 2.04. The molecule has 0 radical (unpaired) electrons. The number of hydrogen-bond acceptors (Lipinski definition) is 3. The van der Waals surface area contributed by atoms with Gasteiger partial charge in [0, 0.05) is 24.2 Å². The van der Waals surface area contributed by atoms with Crippen LogP contribution < -0.4 is 5.32 Å². The van der Waals surface area contributed by atoms with Gasteiger partial charge in [0.2, 0.25) is 15.9 Å². The highest BCUT2D eigenvalue weighted by atomic mass is 35.5. The third kappa shape index (κ3) is 5.19. The molecule has 5 nitrogen and oxygen atoms in total. The molecular formula is C16H23ClN2O3S. The summed E-state index contributed by atoms with van der Waals surface area (Å²) in [6, 6.07) is 6.85. The summed E-state index contributed by atoms with van der Waals surface area (Å²) >= 11 is 5.82. The first-order valence-electron chi connectivity index (χ1n) is 7.80. The molecule has 0 saturated carbocycles. The minimum absolute atomic E-state index is 0.0588. The molecule has 1 aromatic rings. The highest BCUT2D eigenvalue weighted by Gasteiger charge is 2.32. The van der Waals surface area contributed by atoms with Crippen LogP contribution in [0.25, 0.3) is 0 Å². The highest BCUT2D eigenvalue weighted by Crippen LogP contribution is 2.22. The lowest BCUT2D eigenvalue weighted by Gasteiger charge is -2.31. The molecule has 23 heavy (non-hydrogen) atoms. The van der Waals surface area contributed by atoms with Crippen molar-refractivity contribution in [1.29, 1.82) is 0 Å². The summed E-state index contributed by atoms with van der Waals surface area (Å²) < 4.78 is 26.6. The van der Waals surface area contributed by atoms with Gasteiger partial charge < -0.3 is 5.32 Å². The number of benzene rings is 1. The standard InChI is InChI=1S/C16H23ClN2O3S/c1-12(2)18-16(20)14-4-3-9-19(10-14)23(21,22)11-13-5-7-15(17)8-6-13/h5-8,12,14H,3-4,9-11H2,1-2H3,(H,18,20). The summed E-state index contributed by atoms with van der Waals surface area (Å²) in [7, 11) is -3.43. The average Bonchev–Trinajstić information content (AvgIpc) is 2.49. The Kier molecular flexibility index (Phi) is 6.06. The zero-order valence-electron chi connectivity index (χ0n) is 13.5. The summed E-state index contributed by atoms with van der Waals surface area (Å²) in [6.07, 6.45) is 1.43. The number of nitrogens with zero attached hydrogens (tertiary/aromatic N) is 1. The maximum Gasteiger partial charge on any atom is 0.224 e. The van der Waals surface area contributed by atoms with Crippen LogP contribution in [0.5, 0.6) is 0 Å². The van der Waals surface area contributed by atoms with Crippen LogP contribution in [0.15, 0.2) is 24.3 Å². The Morgan fingerprint density at radius 2 is 2.00 bits per heavy atom. The first-order valence-corrected chi connectivity index (χ1v) is 9.79. The minimum Gasteiger partial charge on any atom is -0.354 e. The molecule has 0 bridgehead atoms. The third-order valence-electron chi connectivity index (χ3n) is 3.84. The zero-order chi connectivity index (χ0) is 17.0. The van der Waals surface area contributed by atoms with Crippen LogP contribution in [-0.2, 0) is 20.6 Å². The van der Waals surface area contributed by atoms with Crippen molar-refractivity contribution in [3.05, 3.63) is 34.9 Å². The molecule has 1 atom stereocenters. The van der Waals surface area contributed by atoms with E-state index in [9.17, 15) is 13.2 Å².